The lowest BCUT2D eigenvalue weighted by Gasteiger charge is -2.06. The highest BCUT2D eigenvalue weighted by molar-refractivity contribution is 7.09. The first-order valence-electron chi connectivity index (χ1n) is 7.45. The van der Waals surface area contributed by atoms with E-state index in [0.717, 1.165) is 37.0 Å². The fourth-order valence-electron chi connectivity index (χ4n) is 2.10. The third-order valence-electron chi connectivity index (χ3n) is 3.63. The molecule has 1 aliphatic rings. The van der Waals surface area contributed by atoms with Crippen LogP contribution in [0.4, 0.5) is 0 Å². The smallest absolute Gasteiger partial charge is 0.0887 e. The van der Waals surface area contributed by atoms with Gasteiger partial charge in [-0.05, 0) is 31.4 Å². The lowest BCUT2D eigenvalue weighted by Crippen LogP contribution is -2.15. The van der Waals surface area contributed by atoms with E-state index in [1.165, 1.54) is 23.3 Å². The predicted molar refractivity (Wildman–Crippen MR) is 84.3 cm³/mol. The molecule has 0 unspecified atom stereocenters. The number of thiazole rings is 1. The van der Waals surface area contributed by atoms with E-state index in [-0.39, 0.29) is 0 Å². The van der Waals surface area contributed by atoms with E-state index in [4.69, 9.17) is 4.74 Å². The van der Waals surface area contributed by atoms with Crippen molar-refractivity contribution in [2.24, 2.45) is 0 Å². The van der Waals surface area contributed by atoms with Gasteiger partial charge in [-0.1, -0.05) is 6.07 Å². The number of hydrogen-bond acceptors (Lipinski definition) is 5. The molecule has 0 aromatic carbocycles. The number of nitrogens with zero attached hydrogens (tertiary/aromatic N) is 2. The van der Waals surface area contributed by atoms with Gasteiger partial charge >= 0.3 is 0 Å². The zero-order valence-electron chi connectivity index (χ0n) is 12.3. The summed E-state index contributed by atoms with van der Waals surface area (Å²) in [6.45, 7) is 4.26. The van der Waals surface area contributed by atoms with E-state index in [9.17, 15) is 0 Å². The minimum absolute atomic E-state index is 0.578. The Hall–Kier alpha value is -1.30. The zero-order chi connectivity index (χ0) is 14.5. The van der Waals surface area contributed by atoms with Crippen LogP contribution in [0.5, 0.6) is 0 Å². The van der Waals surface area contributed by atoms with Crippen LogP contribution in [-0.2, 0) is 24.3 Å². The van der Waals surface area contributed by atoms with Gasteiger partial charge in [0.1, 0.15) is 0 Å². The number of aromatic nitrogens is 2. The lowest BCUT2D eigenvalue weighted by atomic mass is 10.2. The predicted octanol–water partition coefficient (Wildman–Crippen LogP) is 2.86. The number of nitrogens with one attached hydrogen (secondary N) is 1. The Morgan fingerprint density at radius 1 is 1.33 bits per heavy atom. The molecule has 112 valence electrons. The van der Waals surface area contributed by atoms with E-state index in [1.54, 1.807) is 11.3 Å². The summed E-state index contributed by atoms with van der Waals surface area (Å²) in [4.78, 5) is 10.0. The second-order valence-electron chi connectivity index (χ2n) is 5.48. The Morgan fingerprint density at radius 2 is 2.24 bits per heavy atom. The van der Waals surface area contributed by atoms with Crippen LogP contribution in [0.3, 0.4) is 0 Å². The normalized spacial score (nSPS) is 14.5. The van der Waals surface area contributed by atoms with Gasteiger partial charge < -0.3 is 10.1 Å². The van der Waals surface area contributed by atoms with Crippen LogP contribution >= 0.6 is 11.3 Å². The van der Waals surface area contributed by atoms with Crippen molar-refractivity contribution in [2.45, 2.75) is 45.4 Å². The lowest BCUT2D eigenvalue weighted by molar-refractivity contribution is 0.121. The van der Waals surface area contributed by atoms with Gasteiger partial charge in [-0.2, -0.15) is 0 Å². The molecule has 3 rings (SSSR count). The topological polar surface area (TPSA) is 47.0 Å². The molecule has 1 saturated carbocycles. The Morgan fingerprint density at radius 3 is 2.90 bits per heavy atom. The Balaban J connectivity index is 1.37. The molecule has 5 heteroatoms. The molecule has 0 spiro atoms. The van der Waals surface area contributed by atoms with Gasteiger partial charge in [0.25, 0.3) is 0 Å². The maximum Gasteiger partial charge on any atom is 0.0887 e. The molecule has 1 aliphatic carbocycles. The van der Waals surface area contributed by atoms with Gasteiger partial charge in [0.05, 0.1) is 30.1 Å². The summed E-state index contributed by atoms with van der Waals surface area (Å²) in [5, 5.41) is 3.49. The fourth-order valence-corrected chi connectivity index (χ4v) is 2.86. The average molecular weight is 303 g/mol. The van der Waals surface area contributed by atoms with Gasteiger partial charge in [0.2, 0.25) is 0 Å². The molecule has 0 bridgehead atoms. The molecule has 0 radical (unpaired) electrons. The number of ether oxygens (including phenoxy) is 1. The summed E-state index contributed by atoms with van der Waals surface area (Å²) in [5.41, 5.74) is 5.24. The first-order valence-corrected chi connectivity index (χ1v) is 8.33. The van der Waals surface area contributed by atoms with Gasteiger partial charge in [-0.3, -0.25) is 4.98 Å². The number of hydrogen-bond donors (Lipinski definition) is 1. The monoisotopic (exact) mass is 303 g/mol. The average Bonchev–Trinajstić information content (AvgIpc) is 3.25. The molecule has 2 heterocycles. The second kappa shape index (κ2) is 7.11. The molecule has 2 aromatic heterocycles. The van der Waals surface area contributed by atoms with Crippen molar-refractivity contribution in [2.75, 3.05) is 6.61 Å². The molecule has 2 aromatic rings. The molecular formula is C16H21N3OS. The zero-order valence-corrected chi connectivity index (χ0v) is 13.2. The maximum atomic E-state index is 5.70. The minimum atomic E-state index is 0.578. The Labute approximate surface area is 129 Å². The highest BCUT2D eigenvalue weighted by atomic mass is 32.1. The highest BCUT2D eigenvalue weighted by Crippen LogP contribution is 2.19. The van der Waals surface area contributed by atoms with Crippen LogP contribution in [0.25, 0.3) is 0 Å². The molecular weight excluding hydrogens is 282 g/mol. The minimum Gasteiger partial charge on any atom is -0.375 e. The van der Waals surface area contributed by atoms with Crippen LogP contribution in [0.2, 0.25) is 0 Å². The van der Waals surface area contributed by atoms with Crippen LogP contribution in [0.1, 0.15) is 34.7 Å². The van der Waals surface area contributed by atoms with Crippen LogP contribution in [0.15, 0.2) is 23.8 Å². The summed E-state index contributed by atoms with van der Waals surface area (Å²) >= 11 is 1.70. The second-order valence-corrected chi connectivity index (χ2v) is 6.42. The van der Waals surface area contributed by atoms with Crippen LogP contribution < -0.4 is 5.32 Å². The fraction of sp³-hybridized carbons (Fsp3) is 0.500. The summed E-state index contributed by atoms with van der Waals surface area (Å²) in [6, 6.07) is 4.93. The highest BCUT2D eigenvalue weighted by Gasteiger charge is 2.19. The molecule has 21 heavy (non-hydrogen) atoms. The van der Waals surface area contributed by atoms with Crippen molar-refractivity contribution in [1.29, 1.82) is 0 Å². The quantitative estimate of drug-likeness (QED) is 0.762. The third kappa shape index (κ3) is 4.59. The largest absolute Gasteiger partial charge is 0.375 e. The third-order valence-corrected chi connectivity index (χ3v) is 4.62. The van der Waals surface area contributed by atoms with Crippen molar-refractivity contribution >= 4 is 11.3 Å². The molecule has 1 N–H and O–H groups in total. The van der Waals surface area contributed by atoms with Gasteiger partial charge in [0, 0.05) is 30.1 Å². The van der Waals surface area contributed by atoms with Crippen molar-refractivity contribution < 1.29 is 4.74 Å². The molecule has 0 aliphatic heterocycles. The van der Waals surface area contributed by atoms with Gasteiger partial charge in [-0.15, -0.1) is 11.3 Å². The van der Waals surface area contributed by atoms with Crippen molar-refractivity contribution in [3.63, 3.8) is 0 Å². The Kier molecular flexibility index (Phi) is 4.95. The summed E-state index contributed by atoms with van der Waals surface area (Å²) in [7, 11) is 0. The standard InChI is InChI=1S/C16H21N3OS/c1-12-16(21-11-19-12)6-7-20-10-15-3-2-13(9-18-15)8-17-14-4-5-14/h2-3,9,11,14,17H,4-8,10H2,1H3. The van der Waals surface area contributed by atoms with Crippen LogP contribution in [0, 0.1) is 6.92 Å². The first kappa shape index (κ1) is 14.6. The van der Waals surface area contributed by atoms with E-state index < -0.39 is 0 Å². The van der Waals surface area contributed by atoms with Gasteiger partial charge in [-0.25, -0.2) is 4.98 Å². The SMILES string of the molecule is Cc1ncsc1CCOCc1ccc(CNC2CC2)cn1. The van der Waals surface area contributed by atoms with E-state index in [0.29, 0.717) is 6.61 Å². The molecule has 0 atom stereocenters. The molecule has 0 amide bonds. The summed E-state index contributed by atoms with van der Waals surface area (Å²) < 4.78 is 5.70. The molecule has 4 nitrogen and oxygen atoms in total. The summed E-state index contributed by atoms with van der Waals surface area (Å²) in [6.07, 6.45) is 5.51. The number of rotatable bonds is 8. The molecule has 1 fully saturated rings. The number of pyridine rings is 1. The van der Waals surface area contributed by atoms with Crippen LogP contribution in [-0.4, -0.2) is 22.6 Å². The van der Waals surface area contributed by atoms with E-state index >= 15 is 0 Å². The maximum absolute atomic E-state index is 5.70. The molecule has 0 saturated heterocycles. The van der Waals surface area contributed by atoms with Crippen molar-refractivity contribution in [1.82, 2.24) is 15.3 Å². The van der Waals surface area contributed by atoms with E-state index in [2.05, 4.69) is 27.4 Å². The summed E-state index contributed by atoms with van der Waals surface area (Å²) in [5.74, 6) is 0. The van der Waals surface area contributed by atoms with Gasteiger partial charge in [0.15, 0.2) is 0 Å². The van der Waals surface area contributed by atoms with E-state index in [1.807, 2.05) is 18.6 Å². The van der Waals surface area contributed by atoms with Crippen molar-refractivity contribution in [3.05, 3.63) is 45.7 Å². The first-order chi connectivity index (χ1) is 10.3. The van der Waals surface area contributed by atoms with Crippen molar-refractivity contribution in [3.8, 4) is 0 Å². The Bertz CT molecular complexity index is 563. The number of aryl methyl sites for hydroxylation is 1.